The number of nitrogens with one attached hydrogen (secondary N) is 1. The van der Waals surface area contributed by atoms with Crippen molar-refractivity contribution in [3.63, 3.8) is 0 Å². The number of nitrogens with zero attached hydrogens (tertiary/aromatic N) is 2. The van der Waals surface area contributed by atoms with Crippen LogP contribution in [0.15, 0.2) is 40.8 Å². The Bertz CT molecular complexity index is 774. The monoisotopic (exact) mass is 355 g/mol. The minimum absolute atomic E-state index is 0.0684. The van der Waals surface area contributed by atoms with Crippen LogP contribution in [0.25, 0.3) is 0 Å². The molecule has 2 heterocycles. The average molecular weight is 355 g/mol. The van der Waals surface area contributed by atoms with Crippen molar-refractivity contribution in [2.75, 3.05) is 31.1 Å². The molecule has 26 heavy (non-hydrogen) atoms. The van der Waals surface area contributed by atoms with Crippen LogP contribution in [0.3, 0.4) is 0 Å². The molecular weight excluding hydrogens is 330 g/mol. The molecule has 138 valence electrons. The maximum absolute atomic E-state index is 12.5. The van der Waals surface area contributed by atoms with Gasteiger partial charge in [-0.05, 0) is 57.2 Å². The van der Waals surface area contributed by atoms with Gasteiger partial charge in [-0.25, -0.2) is 4.79 Å². The van der Waals surface area contributed by atoms with Crippen molar-refractivity contribution >= 4 is 17.5 Å². The van der Waals surface area contributed by atoms with E-state index >= 15 is 0 Å². The number of aryl methyl sites for hydroxylation is 1. The Morgan fingerprint density at radius 1 is 1.04 bits per heavy atom. The van der Waals surface area contributed by atoms with Gasteiger partial charge in [-0.3, -0.25) is 4.79 Å². The third-order valence-corrected chi connectivity index (χ3v) is 4.73. The van der Waals surface area contributed by atoms with E-state index < -0.39 is 0 Å². The molecule has 1 saturated heterocycles. The highest BCUT2D eigenvalue weighted by Gasteiger charge is 2.23. The Morgan fingerprint density at radius 2 is 1.69 bits per heavy atom. The largest absolute Gasteiger partial charge is 0.464 e. The van der Waals surface area contributed by atoms with Gasteiger partial charge >= 0.3 is 6.03 Å². The molecule has 0 radical (unpaired) electrons. The number of anilines is 1. The normalized spacial score (nSPS) is 15.7. The number of benzene rings is 1. The van der Waals surface area contributed by atoms with Crippen molar-refractivity contribution in [3.8, 4) is 0 Å². The quantitative estimate of drug-likeness (QED) is 0.854. The highest BCUT2D eigenvalue weighted by molar-refractivity contribution is 5.94. The zero-order valence-electron chi connectivity index (χ0n) is 15.5. The van der Waals surface area contributed by atoms with E-state index in [0.717, 1.165) is 30.3 Å². The lowest BCUT2D eigenvalue weighted by molar-refractivity contribution is 0.101. The number of carbonyl (C=O) groups excluding carboxylic acids is 2. The van der Waals surface area contributed by atoms with Crippen LogP contribution in [0.1, 0.15) is 41.8 Å². The molecule has 6 nitrogen and oxygen atoms in total. The second kappa shape index (κ2) is 7.64. The zero-order chi connectivity index (χ0) is 18.7. The van der Waals surface area contributed by atoms with Gasteiger partial charge in [-0.1, -0.05) is 0 Å². The Kier molecular flexibility index (Phi) is 5.30. The third kappa shape index (κ3) is 4.07. The standard InChI is InChI=1S/C20H25N3O3/c1-14-4-9-19(26-14)15(2)21-20(25)23-12-10-22(11-13-23)18-7-5-17(6-8-18)16(3)24/h4-9,15H,10-13H2,1-3H3,(H,21,25)/t15-/m1/s1. The predicted molar refractivity (Wildman–Crippen MR) is 101 cm³/mol. The number of ketones is 1. The molecule has 0 aliphatic carbocycles. The summed E-state index contributed by atoms with van der Waals surface area (Å²) in [5.74, 6) is 1.67. The summed E-state index contributed by atoms with van der Waals surface area (Å²) in [6, 6.07) is 11.2. The lowest BCUT2D eigenvalue weighted by Crippen LogP contribution is -2.52. The lowest BCUT2D eigenvalue weighted by atomic mass is 10.1. The van der Waals surface area contributed by atoms with Crippen LogP contribution < -0.4 is 10.2 Å². The fourth-order valence-electron chi connectivity index (χ4n) is 3.11. The third-order valence-electron chi connectivity index (χ3n) is 4.73. The first-order chi connectivity index (χ1) is 12.4. The van der Waals surface area contributed by atoms with E-state index in [-0.39, 0.29) is 17.9 Å². The van der Waals surface area contributed by atoms with Crippen LogP contribution >= 0.6 is 0 Å². The molecule has 1 atom stereocenters. The number of urea groups is 1. The molecule has 1 aliphatic rings. The summed E-state index contributed by atoms with van der Waals surface area (Å²) in [4.78, 5) is 27.9. The molecule has 0 spiro atoms. The Balaban J connectivity index is 1.52. The first kappa shape index (κ1) is 18.0. The molecule has 2 amide bonds. The van der Waals surface area contributed by atoms with Gasteiger partial charge < -0.3 is 19.5 Å². The number of carbonyl (C=O) groups is 2. The van der Waals surface area contributed by atoms with Gasteiger partial charge in [0.2, 0.25) is 0 Å². The smallest absolute Gasteiger partial charge is 0.318 e. The summed E-state index contributed by atoms with van der Waals surface area (Å²) in [6.07, 6.45) is 0. The van der Waals surface area contributed by atoms with Gasteiger partial charge in [0.1, 0.15) is 11.5 Å². The number of hydrogen-bond donors (Lipinski definition) is 1. The Labute approximate surface area is 153 Å². The second-order valence-electron chi connectivity index (χ2n) is 6.70. The number of Topliss-reactive ketones (excluding diaryl/α,β-unsaturated/α-hetero) is 1. The lowest BCUT2D eigenvalue weighted by Gasteiger charge is -2.36. The summed E-state index contributed by atoms with van der Waals surface area (Å²) in [7, 11) is 0. The van der Waals surface area contributed by atoms with Crippen LogP contribution in [-0.4, -0.2) is 42.9 Å². The molecule has 1 aromatic heterocycles. The molecule has 0 saturated carbocycles. The Morgan fingerprint density at radius 3 is 2.23 bits per heavy atom. The SMILES string of the molecule is CC(=O)c1ccc(N2CCN(C(=O)N[C@H](C)c3ccc(C)o3)CC2)cc1. The van der Waals surface area contributed by atoms with Crippen LogP contribution in [-0.2, 0) is 0 Å². The Hall–Kier alpha value is -2.76. The van der Waals surface area contributed by atoms with Crippen LogP contribution in [0, 0.1) is 6.92 Å². The van der Waals surface area contributed by atoms with Crippen molar-refractivity contribution in [1.29, 1.82) is 0 Å². The topological polar surface area (TPSA) is 65.8 Å². The molecule has 1 aliphatic heterocycles. The summed E-state index contributed by atoms with van der Waals surface area (Å²) in [6.45, 7) is 8.22. The number of hydrogen-bond acceptors (Lipinski definition) is 4. The molecule has 1 fully saturated rings. The molecule has 0 unspecified atom stereocenters. The number of amides is 2. The van der Waals surface area contributed by atoms with E-state index in [1.165, 1.54) is 0 Å². The molecule has 1 aromatic carbocycles. The van der Waals surface area contributed by atoms with Gasteiger partial charge in [0.25, 0.3) is 0 Å². The minimum Gasteiger partial charge on any atom is -0.464 e. The van der Waals surface area contributed by atoms with Crippen molar-refractivity contribution < 1.29 is 14.0 Å². The number of piperazine rings is 1. The van der Waals surface area contributed by atoms with Crippen molar-refractivity contribution in [3.05, 3.63) is 53.5 Å². The highest BCUT2D eigenvalue weighted by Crippen LogP contribution is 2.19. The van der Waals surface area contributed by atoms with E-state index in [1.54, 1.807) is 6.92 Å². The second-order valence-corrected chi connectivity index (χ2v) is 6.70. The fourth-order valence-corrected chi connectivity index (χ4v) is 3.11. The van der Waals surface area contributed by atoms with E-state index in [2.05, 4.69) is 10.2 Å². The minimum atomic E-state index is -0.159. The van der Waals surface area contributed by atoms with Crippen LogP contribution in [0.4, 0.5) is 10.5 Å². The maximum atomic E-state index is 12.5. The van der Waals surface area contributed by atoms with E-state index in [4.69, 9.17) is 4.42 Å². The highest BCUT2D eigenvalue weighted by atomic mass is 16.3. The van der Waals surface area contributed by atoms with Crippen molar-refractivity contribution in [1.82, 2.24) is 10.2 Å². The summed E-state index contributed by atoms with van der Waals surface area (Å²) in [5, 5.41) is 2.99. The van der Waals surface area contributed by atoms with E-state index in [9.17, 15) is 9.59 Å². The molecular formula is C20H25N3O3. The summed E-state index contributed by atoms with van der Waals surface area (Å²) >= 11 is 0. The van der Waals surface area contributed by atoms with Crippen LogP contribution in [0.5, 0.6) is 0 Å². The van der Waals surface area contributed by atoms with Gasteiger partial charge in [-0.15, -0.1) is 0 Å². The first-order valence-corrected chi connectivity index (χ1v) is 8.92. The first-order valence-electron chi connectivity index (χ1n) is 8.92. The van der Waals surface area contributed by atoms with Gasteiger partial charge in [0.05, 0.1) is 6.04 Å². The predicted octanol–water partition coefficient (Wildman–Crippen LogP) is 3.38. The van der Waals surface area contributed by atoms with Gasteiger partial charge in [-0.2, -0.15) is 0 Å². The molecule has 3 rings (SSSR count). The van der Waals surface area contributed by atoms with Gasteiger partial charge in [0.15, 0.2) is 5.78 Å². The molecule has 0 bridgehead atoms. The van der Waals surface area contributed by atoms with Crippen molar-refractivity contribution in [2.45, 2.75) is 26.8 Å². The van der Waals surface area contributed by atoms with Gasteiger partial charge in [0, 0.05) is 37.4 Å². The van der Waals surface area contributed by atoms with Crippen molar-refractivity contribution in [2.24, 2.45) is 0 Å². The van der Waals surface area contributed by atoms with E-state index in [0.29, 0.717) is 18.7 Å². The summed E-state index contributed by atoms with van der Waals surface area (Å²) < 4.78 is 5.57. The summed E-state index contributed by atoms with van der Waals surface area (Å²) in [5.41, 5.74) is 1.79. The molecule has 6 heteroatoms. The number of rotatable bonds is 4. The molecule has 2 aromatic rings. The zero-order valence-corrected chi connectivity index (χ0v) is 15.5. The fraction of sp³-hybridized carbons (Fsp3) is 0.400. The number of furan rings is 1. The van der Waals surface area contributed by atoms with Crippen LogP contribution in [0.2, 0.25) is 0 Å². The average Bonchev–Trinajstić information content (AvgIpc) is 3.08. The van der Waals surface area contributed by atoms with E-state index in [1.807, 2.05) is 55.1 Å². The molecule has 1 N–H and O–H groups in total. The maximum Gasteiger partial charge on any atom is 0.318 e.